The summed E-state index contributed by atoms with van der Waals surface area (Å²) in [6.07, 6.45) is -3.46. The Balaban J connectivity index is 2.30. The Kier molecular flexibility index (Phi) is 3.14. The van der Waals surface area contributed by atoms with E-state index in [1.54, 1.807) is 27.7 Å². The van der Waals surface area contributed by atoms with Gasteiger partial charge >= 0.3 is 13.3 Å². The maximum atomic E-state index is 12.6. The van der Waals surface area contributed by atoms with Crippen molar-refractivity contribution in [3.8, 4) is 0 Å². The Bertz CT molecular complexity index is 475. The van der Waals surface area contributed by atoms with Gasteiger partial charge in [0.25, 0.3) is 0 Å². The molecule has 104 valence electrons. The van der Waals surface area contributed by atoms with Gasteiger partial charge in [-0.15, -0.1) is 0 Å². The number of halogens is 3. The van der Waals surface area contributed by atoms with Crippen molar-refractivity contribution in [1.82, 2.24) is 9.97 Å². The number of alkyl halides is 3. The number of rotatable bonds is 1. The molecule has 0 bridgehead atoms. The molecule has 8 heteroatoms. The van der Waals surface area contributed by atoms with Crippen LogP contribution in [0, 0.1) is 0 Å². The molecule has 1 aromatic heterocycles. The van der Waals surface area contributed by atoms with Crippen molar-refractivity contribution in [3.63, 3.8) is 0 Å². The first kappa shape index (κ1) is 14.3. The fraction of sp³-hybridized carbons (Fsp3) is 0.636. The minimum Gasteiger partial charge on any atom is -0.397 e. The predicted molar refractivity (Wildman–Crippen MR) is 62.8 cm³/mol. The summed E-state index contributed by atoms with van der Waals surface area (Å²) in [7, 11) is -0.993. The van der Waals surface area contributed by atoms with Crippen molar-refractivity contribution in [1.29, 1.82) is 0 Å². The number of hydrogen-bond acceptors (Lipinski definition) is 4. The van der Waals surface area contributed by atoms with E-state index >= 15 is 0 Å². The molecule has 19 heavy (non-hydrogen) atoms. The topological polar surface area (TPSA) is 44.2 Å². The summed E-state index contributed by atoms with van der Waals surface area (Å²) in [4.78, 5) is 7.28. The van der Waals surface area contributed by atoms with Crippen molar-refractivity contribution < 1.29 is 22.5 Å². The van der Waals surface area contributed by atoms with Gasteiger partial charge in [-0.25, -0.2) is 9.97 Å². The molecule has 0 unspecified atom stereocenters. The first-order valence-electron chi connectivity index (χ1n) is 5.79. The van der Waals surface area contributed by atoms with Gasteiger partial charge < -0.3 is 9.31 Å². The van der Waals surface area contributed by atoms with Crippen LogP contribution in [-0.2, 0) is 15.5 Å². The zero-order valence-corrected chi connectivity index (χ0v) is 11.1. The highest BCUT2D eigenvalue weighted by Crippen LogP contribution is 2.36. The molecule has 0 N–H and O–H groups in total. The quantitative estimate of drug-likeness (QED) is 0.732. The lowest BCUT2D eigenvalue weighted by atomic mass is 9.89. The maximum Gasteiger partial charge on any atom is 0.534 e. The lowest BCUT2D eigenvalue weighted by Crippen LogP contribution is -2.41. The van der Waals surface area contributed by atoms with Crippen LogP contribution in [0.1, 0.15) is 33.4 Å². The summed E-state index contributed by atoms with van der Waals surface area (Å²) in [5, 5.41) is 0. The van der Waals surface area contributed by atoms with Crippen molar-refractivity contribution >= 4 is 12.8 Å². The summed E-state index contributed by atoms with van der Waals surface area (Å²) in [5.41, 5.74) is -2.41. The predicted octanol–water partition coefficient (Wildman–Crippen LogP) is 1.79. The molecule has 0 aliphatic carbocycles. The molecule has 1 aliphatic rings. The fourth-order valence-electron chi connectivity index (χ4n) is 1.59. The van der Waals surface area contributed by atoms with Crippen LogP contribution in [0.2, 0.25) is 0 Å². The Morgan fingerprint density at radius 3 is 2.11 bits per heavy atom. The summed E-state index contributed by atoms with van der Waals surface area (Å²) < 4.78 is 49.0. The Morgan fingerprint density at radius 2 is 1.63 bits per heavy atom. The second-order valence-electron chi connectivity index (χ2n) is 5.39. The van der Waals surface area contributed by atoms with Gasteiger partial charge in [-0.05, 0) is 33.8 Å². The van der Waals surface area contributed by atoms with Gasteiger partial charge in [0.2, 0.25) is 0 Å². The van der Waals surface area contributed by atoms with Crippen molar-refractivity contribution in [3.05, 3.63) is 18.0 Å². The van der Waals surface area contributed by atoms with E-state index in [0.29, 0.717) is 0 Å². The molecular weight excluding hydrogens is 260 g/mol. The van der Waals surface area contributed by atoms with Gasteiger partial charge in [0.1, 0.15) is 5.69 Å². The van der Waals surface area contributed by atoms with Crippen molar-refractivity contribution in [2.75, 3.05) is 0 Å². The number of aromatic nitrogens is 2. The number of nitrogens with zero attached hydrogens (tertiary/aromatic N) is 2. The van der Waals surface area contributed by atoms with Gasteiger partial charge in [0.15, 0.2) is 5.72 Å². The Morgan fingerprint density at radius 1 is 1.11 bits per heavy atom. The number of hydrogen-bond donors (Lipinski definition) is 0. The lowest BCUT2D eigenvalue weighted by Gasteiger charge is -2.32. The standard InChI is InChI=1S/C11H14BF3N2O2/c1-9(2)10(3,4)19-12(18-9)8-16-6-5-7(17-8)11(13,14)15/h5-6H,1-4H3. The highest BCUT2D eigenvalue weighted by Gasteiger charge is 2.53. The third-order valence-electron chi connectivity index (χ3n) is 3.43. The molecule has 2 heterocycles. The van der Waals surface area contributed by atoms with Gasteiger partial charge in [-0.2, -0.15) is 13.2 Å². The molecule has 0 spiro atoms. The third-order valence-corrected chi connectivity index (χ3v) is 3.43. The molecule has 0 atom stereocenters. The minimum atomic E-state index is -4.51. The molecule has 2 rings (SSSR count). The van der Waals surface area contributed by atoms with E-state index < -0.39 is 30.2 Å². The van der Waals surface area contributed by atoms with Gasteiger partial charge in [-0.3, -0.25) is 0 Å². The third kappa shape index (κ3) is 2.60. The van der Waals surface area contributed by atoms with Gasteiger partial charge in [-0.1, -0.05) is 0 Å². The van der Waals surface area contributed by atoms with Crippen LogP contribution in [0.25, 0.3) is 0 Å². The van der Waals surface area contributed by atoms with Crippen molar-refractivity contribution in [2.24, 2.45) is 0 Å². The zero-order valence-electron chi connectivity index (χ0n) is 11.1. The maximum absolute atomic E-state index is 12.6. The molecule has 1 fully saturated rings. The van der Waals surface area contributed by atoms with Crippen LogP contribution >= 0.6 is 0 Å². The highest BCUT2D eigenvalue weighted by atomic mass is 19.4. The van der Waals surface area contributed by atoms with E-state index in [4.69, 9.17) is 9.31 Å². The van der Waals surface area contributed by atoms with E-state index in [9.17, 15) is 13.2 Å². The zero-order chi connectivity index (χ0) is 14.5. The molecule has 0 saturated carbocycles. The first-order chi connectivity index (χ1) is 8.53. The van der Waals surface area contributed by atoms with Crippen LogP contribution < -0.4 is 5.72 Å². The Labute approximate surface area is 109 Å². The normalized spacial score (nSPS) is 21.7. The molecule has 0 aromatic carbocycles. The molecule has 1 aromatic rings. The molecule has 4 nitrogen and oxygen atoms in total. The van der Waals surface area contributed by atoms with Gasteiger partial charge in [0, 0.05) is 6.20 Å². The molecule has 0 radical (unpaired) electrons. The van der Waals surface area contributed by atoms with E-state index in [1.165, 1.54) is 0 Å². The van der Waals surface area contributed by atoms with E-state index in [2.05, 4.69) is 9.97 Å². The Hall–Kier alpha value is -1.15. The summed E-state index contributed by atoms with van der Waals surface area (Å²) in [6, 6.07) is 0.814. The summed E-state index contributed by atoms with van der Waals surface area (Å²) in [6.45, 7) is 7.22. The largest absolute Gasteiger partial charge is 0.534 e. The van der Waals surface area contributed by atoms with Crippen LogP contribution in [0.5, 0.6) is 0 Å². The average Bonchev–Trinajstić information content (AvgIpc) is 2.47. The molecule has 0 amide bonds. The van der Waals surface area contributed by atoms with Crippen LogP contribution in [-0.4, -0.2) is 28.3 Å². The summed E-state index contributed by atoms with van der Waals surface area (Å²) in [5.74, 6) is 0. The average molecular weight is 274 g/mol. The second kappa shape index (κ2) is 4.18. The van der Waals surface area contributed by atoms with Crippen LogP contribution in [0.4, 0.5) is 13.2 Å². The molecule has 1 aliphatic heterocycles. The second-order valence-corrected chi connectivity index (χ2v) is 5.39. The minimum absolute atomic E-state index is 0.117. The SMILES string of the molecule is CC1(C)OB(c2nccc(C(F)(F)F)n2)OC1(C)C. The monoisotopic (exact) mass is 274 g/mol. The molecule has 1 saturated heterocycles. The smallest absolute Gasteiger partial charge is 0.397 e. The van der Waals surface area contributed by atoms with Crippen LogP contribution in [0.3, 0.4) is 0 Å². The van der Waals surface area contributed by atoms with Gasteiger partial charge in [0.05, 0.1) is 11.2 Å². The van der Waals surface area contributed by atoms with Crippen LogP contribution in [0.15, 0.2) is 12.3 Å². The van der Waals surface area contributed by atoms with E-state index in [-0.39, 0.29) is 5.72 Å². The highest BCUT2D eigenvalue weighted by molar-refractivity contribution is 6.60. The van der Waals surface area contributed by atoms with E-state index in [0.717, 1.165) is 12.3 Å². The first-order valence-corrected chi connectivity index (χ1v) is 5.79. The van der Waals surface area contributed by atoms with Crippen molar-refractivity contribution in [2.45, 2.75) is 45.1 Å². The van der Waals surface area contributed by atoms with E-state index in [1.807, 2.05) is 0 Å². The lowest BCUT2D eigenvalue weighted by molar-refractivity contribution is -0.141. The summed E-state index contributed by atoms with van der Waals surface area (Å²) >= 11 is 0. The molecular formula is C11H14BF3N2O2. The fourth-order valence-corrected chi connectivity index (χ4v) is 1.59.